The number of rotatable bonds is 6. The van der Waals surface area contributed by atoms with Gasteiger partial charge in [0, 0.05) is 5.56 Å². The average Bonchev–Trinajstić information content (AvgIpc) is 2.54. The lowest BCUT2D eigenvalue weighted by molar-refractivity contribution is 0.112. The van der Waals surface area contributed by atoms with E-state index in [2.05, 4.69) is 39.8 Å². The van der Waals surface area contributed by atoms with Gasteiger partial charge >= 0.3 is 0 Å². The van der Waals surface area contributed by atoms with Crippen LogP contribution in [0.3, 0.4) is 0 Å². The van der Waals surface area contributed by atoms with E-state index in [1.807, 2.05) is 6.07 Å². The Morgan fingerprint density at radius 2 is 1.33 bits per heavy atom. The summed E-state index contributed by atoms with van der Waals surface area (Å²) >= 11 is 0. The summed E-state index contributed by atoms with van der Waals surface area (Å²) < 4.78 is 6.29. The minimum absolute atomic E-state index is 0.289. The first-order valence-corrected chi connectivity index (χ1v) is 8.43. The lowest BCUT2D eigenvalue weighted by atomic mass is 9.94. The van der Waals surface area contributed by atoms with Crippen LogP contribution in [0.25, 0.3) is 0 Å². The smallest absolute Gasteiger partial charge is 0.153 e. The second kappa shape index (κ2) is 7.63. The summed E-state index contributed by atoms with van der Waals surface area (Å²) in [5.74, 6) is 1.81. The van der Waals surface area contributed by atoms with Gasteiger partial charge in [0.1, 0.15) is 11.5 Å². The molecule has 0 aliphatic rings. The molecule has 1 atom stereocenters. The first-order chi connectivity index (χ1) is 11.4. The van der Waals surface area contributed by atoms with Crippen LogP contribution >= 0.6 is 0 Å². The van der Waals surface area contributed by atoms with Gasteiger partial charge in [-0.25, -0.2) is 0 Å². The summed E-state index contributed by atoms with van der Waals surface area (Å²) in [5, 5.41) is 10.1. The molecule has 0 saturated carbocycles. The number of aldehydes is 1. The van der Waals surface area contributed by atoms with Crippen LogP contribution in [0.1, 0.15) is 79.6 Å². The molecule has 0 aliphatic heterocycles. The molecule has 128 valence electrons. The fourth-order valence-electron chi connectivity index (χ4n) is 2.82. The van der Waals surface area contributed by atoms with Crippen molar-refractivity contribution in [2.45, 2.75) is 52.6 Å². The van der Waals surface area contributed by atoms with Crippen molar-refractivity contribution in [3.63, 3.8) is 0 Å². The summed E-state index contributed by atoms with van der Waals surface area (Å²) in [6.07, 6.45) is 0.0578. The standard InChI is InChI=1S/C21H26O3/c1-13(2)17-9-7-10-18(14(3)4)21(17)24-20-16(12-22)8-6-11-19(20)15(5)23/h6-15,23H,1-5H3. The van der Waals surface area contributed by atoms with Crippen LogP contribution in [-0.2, 0) is 0 Å². The molecule has 3 nitrogen and oxygen atoms in total. The number of aliphatic hydroxyl groups is 1. The number of benzene rings is 2. The predicted molar refractivity (Wildman–Crippen MR) is 97.2 cm³/mol. The third-order valence-electron chi connectivity index (χ3n) is 4.18. The average molecular weight is 326 g/mol. The molecule has 2 aromatic carbocycles. The lowest BCUT2D eigenvalue weighted by Gasteiger charge is -2.22. The third-order valence-corrected chi connectivity index (χ3v) is 4.18. The Kier molecular flexibility index (Phi) is 5.79. The monoisotopic (exact) mass is 326 g/mol. The van der Waals surface area contributed by atoms with Gasteiger partial charge in [-0.3, -0.25) is 4.79 Å². The van der Waals surface area contributed by atoms with Crippen molar-refractivity contribution in [2.24, 2.45) is 0 Å². The number of ether oxygens (including phenoxy) is 1. The van der Waals surface area contributed by atoms with Gasteiger partial charge in [0.05, 0.1) is 11.7 Å². The Labute approximate surface area is 144 Å². The highest BCUT2D eigenvalue weighted by molar-refractivity contribution is 5.80. The molecule has 0 aliphatic carbocycles. The van der Waals surface area contributed by atoms with Gasteiger partial charge in [0.25, 0.3) is 0 Å². The van der Waals surface area contributed by atoms with Crippen LogP contribution in [-0.4, -0.2) is 11.4 Å². The summed E-state index contributed by atoms with van der Waals surface area (Å²) in [6.45, 7) is 10.1. The Hall–Kier alpha value is -2.13. The zero-order valence-corrected chi connectivity index (χ0v) is 15.0. The van der Waals surface area contributed by atoms with Gasteiger partial charge in [-0.2, -0.15) is 0 Å². The van der Waals surface area contributed by atoms with Crippen molar-refractivity contribution in [1.29, 1.82) is 0 Å². The van der Waals surface area contributed by atoms with Crippen LogP contribution in [0.4, 0.5) is 0 Å². The summed E-state index contributed by atoms with van der Waals surface area (Å²) in [6, 6.07) is 11.4. The van der Waals surface area contributed by atoms with E-state index in [-0.39, 0.29) is 11.8 Å². The molecule has 2 aromatic rings. The minimum atomic E-state index is -0.714. The first kappa shape index (κ1) is 18.2. The highest BCUT2D eigenvalue weighted by atomic mass is 16.5. The molecule has 0 amide bonds. The second-order valence-electron chi connectivity index (χ2n) is 6.74. The first-order valence-electron chi connectivity index (χ1n) is 8.43. The number of carbonyl (C=O) groups excluding carboxylic acids is 1. The lowest BCUT2D eigenvalue weighted by Crippen LogP contribution is -2.05. The zero-order chi connectivity index (χ0) is 17.9. The molecule has 1 unspecified atom stereocenters. The molecule has 0 bridgehead atoms. The topological polar surface area (TPSA) is 46.5 Å². The number of hydrogen-bond acceptors (Lipinski definition) is 3. The molecule has 0 saturated heterocycles. The number of carbonyl (C=O) groups is 1. The molecular weight excluding hydrogens is 300 g/mol. The van der Waals surface area contributed by atoms with Gasteiger partial charge < -0.3 is 9.84 Å². The van der Waals surface area contributed by atoms with Crippen LogP contribution in [0.2, 0.25) is 0 Å². The van der Waals surface area contributed by atoms with Crippen molar-refractivity contribution in [2.75, 3.05) is 0 Å². The summed E-state index contributed by atoms with van der Waals surface area (Å²) in [7, 11) is 0. The van der Waals surface area contributed by atoms with Crippen molar-refractivity contribution in [3.8, 4) is 11.5 Å². The maximum atomic E-state index is 11.5. The molecule has 0 spiro atoms. The van der Waals surface area contributed by atoms with E-state index in [9.17, 15) is 9.90 Å². The van der Waals surface area contributed by atoms with E-state index in [0.717, 1.165) is 23.2 Å². The van der Waals surface area contributed by atoms with E-state index in [1.165, 1.54) is 0 Å². The molecule has 2 rings (SSSR count). The van der Waals surface area contributed by atoms with Gasteiger partial charge in [-0.05, 0) is 36.0 Å². The number of aliphatic hydroxyl groups excluding tert-OH is 1. The minimum Gasteiger partial charge on any atom is -0.456 e. The molecule has 3 heteroatoms. The maximum absolute atomic E-state index is 11.5. The number of hydrogen-bond donors (Lipinski definition) is 1. The zero-order valence-electron chi connectivity index (χ0n) is 15.0. The van der Waals surface area contributed by atoms with E-state index in [0.29, 0.717) is 16.9 Å². The SMILES string of the molecule is CC(C)c1cccc(C(C)C)c1Oc1c(C=O)cccc1C(C)O. The van der Waals surface area contributed by atoms with Crippen molar-refractivity contribution < 1.29 is 14.6 Å². The fourth-order valence-corrected chi connectivity index (χ4v) is 2.82. The van der Waals surface area contributed by atoms with Gasteiger partial charge in [-0.15, -0.1) is 0 Å². The largest absolute Gasteiger partial charge is 0.456 e. The highest BCUT2D eigenvalue weighted by Gasteiger charge is 2.20. The molecule has 0 radical (unpaired) electrons. The van der Waals surface area contributed by atoms with Crippen molar-refractivity contribution in [1.82, 2.24) is 0 Å². The predicted octanol–water partition coefficient (Wildman–Crippen LogP) is 5.59. The van der Waals surface area contributed by atoms with E-state index in [4.69, 9.17) is 4.74 Å². The summed E-state index contributed by atoms with van der Waals surface area (Å²) in [5.41, 5.74) is 3.26. The summed E-state index contributed by atoms with van der Waals surface area (Å²) in [4.78, 5) is 11.5. The van der Waals surface area contributed by atoms with Gasteiger partial charge in [-0.1, -0.05) is 58.0 Å². The van der Waals surface area contributed by atoms with E-state index < -0.39 is 6.10 Å². The van der Waals surface area contributed by atoms with Crippen LogP contribution < -0.4 is 4.74 Å². The normalized spacial score (nSPS) is 12.5. The van der Waals surface area contributed by atoms with Gasteiger partial charge in [0.2, 0.25) is 0 Å². The van der Waals surface area contributed by atoms with Crippen molar-refractivity contribution in [3.05, 3.63) is 58.7 Å². The second-order valence-corrected chi connectivity index (χ2v) is 6.74. The Morgan fingerprint density at radius 3 is 1.79 bits per heavy atom. The van der Waals surface area contributed by atoms with E-state index >= 15 is 0 Å². The Balaban J connectivity index is 2.66. The van der Waals surface area contributed by atoms with Crippen LogP contribution in [0.15, 0.2) is 36.4 Å². The van der Waals surface area contributed by atoms with Crippen molar-refractivity contribution >= 4 is 6.29 Å². The Bertz CT molecular complexity index is 689. The quantitative estimate of drug-likeness (QED) is 0.704. The van der Waals surface area contributed by atoms with Crippen LogP contribution in [0.5, 0.6) is 11.5 Å². The van der Waals surface area contributed by atoms with Gasteiger partial charge in [0.15, 0.2) is 6.29 Å². The molecule has 1 N–H and O–H groups in total. The number of para-hydroxylation sites is 2. The molecule has 0 heterocycles. The molecule has 24 heavy (non-hydrogen) atoms. The van der Waals surface area contributed by atoms with E-state index in [1.54, 1.807) is 25.1 Å². The molecule has 0 aromatic heterocycles. The third kappa shape index (κ3) is 3.68. The van der Waals surface area contributed by atoms with Crippen LogP contribution in [0, 0.1) is 0 Å². The maximum Gasteiger partial charge on any atom is 0.153 e. The molecule has 0 fully saturated rings. The fraction of sp³-hybridized carbons (Fsp3) is 0.381. The highest BCUT2D eigenvalue weighted by Crippen LogP contribution is 2.40. The Morgan fingerprint density at radius 1 is 0.833 bits per heavy atom. The molecular formula is C21H26O3.